The maximum atomic E-state index is 13.1. The lowest BCUT2D eigenvalue weighted by molar-refractivity contribution is -0.159. The number of hydrogen-bond donors (Lipinski definition) is 1. The zero-order chi connectivity index (χ0) is 23.5. The van der Waals surface area contributed by atoms with E-state index in [0.717, 1.165) is 11.1 Å². The quantitative estimate of drug-likeness (QED) is 0.633. The van der Waals surface area contributed by atoms with Crippen LogP contribution < -0.4 is 11.3 Å². The molecular weight excluding hydrogens is 402 g/mol. The normalized spacial score (nSPS) is 14.0. The molecule has 2 aromatic rings. The molecule has 1 aromatic carbocycles. The molecule has 168 valence electrons. The van der Waals surface area contributed by atoms with Crippen LogP contribution in [0.25, 0.3) is 11.0 Å². The van der Waals surface area contributed by atoms with E-state index in [1.807, 2.05) is 20.8 Å². The van der Waals surface area contributed by atoms with E-state index >= 15 is 0 Å². The molecule has 0 fully saturated rings. The van der Waals surface area contributed by atoms with Gasteiger partial charge in [0.1, 0.15) is 12.2 Å². The molecular formula is C22H29N3O6. The predicted molar refractivity (Wildman–Crippen MR) is 115 cm³/mol. The number of nitrogens with zero attached hydrogens (tertiary/aromatic N) is 2. The minimum Gasteiger partial charge on any atom is -0.462 e. The second-order valence-electron chi connectivity index (χ2n) is 7.73. The lowest BCUT2D eigenvalue weighted by Crippen LogP contribution is -2.41. The standard InChI is InChI=1S/C22H29N3O6/c1-7-18(30-14(5)26)13(4)19(31-15(6)27)10-25-17-9-12(3)11(2)8-16(17)24-20(21(23)28)22(25)29/h8-9,13,18-19H,7,10H2,1-6H3,(H2,23,28)/t13-,18-,19+/m1/s1. The number of fused-ring (bicyclic) bond motifs is 1. The fourth-order valence-corrected chi connectivity index (χ4v) is 3.56. The first kappa shape index (κ1) is 24.0. The fraction of sp³-hybridized carbons (Fsp3) is 0.500. The van der Waals surface area contributed by atoms with Crippen LogP contribution in [-0.2, 0) is 25.6 Å². The van der Waals surface area contributed by atoms with E-state index in [0.29, 0.717) is 17.5 Å². The molecule has 0 spiro atoms. The molecule has 1 amide bonds. The molecule has 3 atom stereocenters. The number of benzene rings is 1. The monoisotopic (exact) mass is 431 g/mol. The zero-order valence-corrected chi connectivity index (χ0v) is 18.7. The van der Waals surface area contributed by atoms with Gasteiger partial charge >= 0.3 is 11.9 Å². The van der Waals surface area contributed by atoms with Crippen molar-refractivity contribution < 1.29 is 23.9 Å². The highest BCUT2D eigenvalue weighted by atomic mass is 16.6. The second-order valence-corrected chi connectivity index (χ2v) is 7.73. The van der Waals surface area contributed by atoms with E-state index in [1.54, 1.807) is 19.1 Å². The summed E-state index contributed by atoms with van der Waals surface area (Å²) in [6, 6.07) is 3.56. The summed E-state index contributed by atoms with van der Waals surface area (Å²) >= 11 is 0. The molecule has 0 saturated heterocycles. The summed E-state index contributed by atoms with van der Waals surface area (Å²) in [5.74, 6) is -2.35. The molecule has 9 nitrogen and oxygen atoms in total. The molecule has 0 aliphatic carbocycles. The number of nitrogens with two attached hydrogens (primary N) is 1. The van der Waals surface area contributed by atoms with Gasteiger partial charge in [-0.25, -0.2) is 4.98 Å². The molecule has 31 heavy (non-hydrogen) atoms. The van der Waals surface area contributed by atoms with Crippen molar-refractivity contribution in [2.75, 3.05) is 0 Å². The lowest BCUT2D eigenvalue weighted by atomic mass is 9.95. The predicted octanol–water partition coefficient (Wildman–Crippen LogP) is 2.02. The topological polar surface area (TPSA) is 131 Å². The summed E-state index contributed by atoms with van der Waals surface area (Å²) in [5.41, 5.74) is 7.10. The summed E-state index contributed by atoms with van der Waals surface area (Å²) in [5, 5.41) is 0. The fourth-order valence-electron chi connectivity index (χ4n) is 3.56. The Balaban J connectivity index is 2.65. The van der Waals surface area contributed by atoms with Crippen LogP contribution in [-0.4, -0.2) is 39.6 Å². The van der Waals surface area contributed by atoms with Gasteiger partial charge in [0.2, 0.25) is 0 Å². The first-order valence-corrected chi connectivity index (χ1v) is 10.1. The molecule has 0 bridgehead atoms. The van der Waals surface area contributed by atoms with Crippen molar-refractivity contribution in [1.82, 2.24) is 9.55 Å². The molecule has 2 N–H and O–H groups in total. The number of ether oxygens (including phenoxy) is 2. The first-order chi connectivity index (χ1) is 14.5. The minimum absolute atomic E-state index is 0.0564. The molecule has 0 unspecified atom stereocenters. The summed E-state index contributed by atoms with van der Waals surface area (Å²) in [4.78, 5) is 52.4. The van der Waals surface area contributed by atoms with Crippen molar-refractivity contribution in [3.05, 3.63) is 39.3 Å². The van der Waals surface area contributed by atoms with E-state index in [-0.39, 0.29) is 6.54 Å². The lowest BCUT2D eigenvalue weighted by Gasteiger charge is -2.30. The van der Waals surface area contributed by atoms with Gasteiger partial charge in [-0.3, -0.25) is 19.2 Å². The van der Waals surface area contributed by atoms with Crippen molar-refractivity contribution in [1.29, 1.82) is 0 Å². The van der Waals surface area contributed by atoms with Gasteiger partial charge in [-0.05, 0) is 43.5 Å². The van der Waals surface area contributed by atoms with Crippen LogP contribution in [0.4, 0.5) is 0 Å². The number of aromatic nitrogens is 2. The maximum absolute atomic E-state index is 13.1. The van der Waals surface area contributed by atoms with Crippen LogP contribution in [0.3, 0.4) is 0 Å². The molecule has 9 heteroatoms. The molecule has 0 aliphatic rings. The molecule has 2 rings (SSSR count). The number of primary amides is 1. The Morgan fingerprint density at radius 2 is 1.61 bits per heavy atom. The number of aryl methyl sites for hydroxylation is 2. The highest BCUT2D eigenvalue weighted by Gasteiger charge is 2.31. The van der Waals surface area contributed by atoms with Gasteiger partial charge < -0.3 is 19.8 Å². The van der Waals surface area contributed by atoms with E-state index < -0.39 is 47.2 Å². The highest BCUT2D eigenvalue weighted by molar-refractivity contribution is 5.92. The summed E-state index contributed by atoms with van der Waals surface area (Å²) in [6.45, 7) is 9.93. The third-order valence-corrected chi connectivity index (χ3v) is 5.37. The maximum Gasteiger partial charge on any atom is 0.302 e. The van der Waals surface area contributed by atoms with Crippen molar-refractivity contribution in [3.63, 3.8) is 0 Å². The first-order valence-electron chi connectivity index (χ1n) is 10.1. The SMILES string of the molecule is CC[C@@H](OC(C)=O)[C@@H](C)[C@H](Cn1c(=O)c(C(N)=O)nc2cc(C)c(C)cc21)OC(C)=O. The number of rotatable bonds is 8. The van der Waals surface area contributed by atoms with Gasteiger partial charge in [0.05, 0.1) is 17.6 Å². The number of esters is 2. The summed E-state index contributed by atoms with van der Waals surface area (Å²) in [6.07, 6.45) is -0.826. The van der Waals surface area contributed by atoms with Crippen molar-refractivity contribution in [3.8, 4) is 0 Å². The van der Waals surface area contributed by atoms with Gasteiger partial charge in [-0.15, -0.1) is 0 Å². The summed E-state index contributed by atoms with van der Waals surface area (Å²) < 4.78 is 12.2. The third kappa shape index (κ3) is 5.48. The number of carbonyl (C=O) groups is 3. The summed E-state index contributed by atoms with van der Waals surface area (Å²) in [7, 11) is 0. The molecule has 1 heterocycles. The van der Waals surface area contributed by atoms with Gasteiger partial charge in [0.25, 0.3) is 11.5 Å². The molecule has 0 saturated carbocycles. The molecule has 1 aromatic heterocycles. The zero-order valence-electron chi connectivity index (χ0n) is 18.7. The Labute approximate surface area is 180 Å². The van der Waals surface area contributed by atoms with Crippen LogP contribution in [0.15, 0.2) is 16.9 Å². The average molecular weight is 431 g/mol. The Morgan fingerprint density at radius 1 is 1.06 bits per heavy atom. The van der Waals surface area contributed by atoms with Gasteiger partial charge in [-0.2, -0.15) is 0 Å². The van der Waals surface area contributed by atoms with Crippen molar-refractivity contribution >= 4 is 28.9 Å². The minimum atomic E-state index is -0.942. The average Bonchev–Trinajstić information content (AvgIpc) is 2.67. The van der Waals surface area contributed by atoms with Crippen LogP contribution in [0.1, 0.15) is 55.7 Å². The van der Waals surface area contributed by atoms with E-state index in [4.69, 9.17) is 15.2 Å². The van der Waals surface area contributed by atoms with E-state index in [1.165, 1.54) is 18.4 Å². The third-order valence-electron chi connectivity index (χ3n) is 5.37. The molecule has 0 aliphatic heterocycles. The van der Waals surface area contributed by atoms with Crippen LogP contribution in [0.5, 0.6) is 0 Å². The van der Waals surface area contributed by atoms with Gasteiger partial charge in [0, 0.05) is 19.8 Å². The van der Waals surface area contributed by atoms with Crippen LogP contribution in [0, 0.1) is 19.8 Å². The van der Waals surface area contributed by atoms with Crippen molar-refractivity contribution in [2.45, 2.75) is 66.7 Å². The highest BCUT2D eigenvalue weighted by Crippen LogP contribution is 2.23. The van der Waals surface area contributed by atoms with Crippen molar-refractivity contribution in [2.24, 2.45) is 11.7 Å². The number of hydrogen-bond acceptors (Lipinski definition) is 7. The number of carbonyl (C=O) groups excluding carboxylic acids is 3. The van der Waals surface area contributed by atoms with Crippen LogP contribution >= 0.6 is 0 Å². The Kier molecular flexibility index (Phi) is 7.54. The Bertz CT molecular complexity index is 1080. The van der Waals surface area contributed by atoms with E-state index in [2.05, 4.69) is 4.98 Å². The van der Waals surface area contributed by atoms with Gasteiger partial charge in [0.15, 0.2) is 5.69 Å². The Morgan fingerprint density at radius 3 is 2.13 bits per heavy atom. The largest absolute Gasteiger partial charge is 0.462 e. The smallest absolute Gasteiger partial charge is 0.302 e. The number of amides is 1. The van der Waals surface area contributed by atoms with Crippen LogP contribution in [0.2, 0.25) is 0 Å². The Hall–Kier alpha value is -3.23. The second kappa shape index (κ2) is 9.72. The van der Waals surface area contributed by atoms with Gasteiger partial charge in [-0.1, -0.05) is 13.8 Å². The van der Waals surface area contributed by atoms with E-state index in [9.17, 15) is 19.2 Å². The molecule has 0 radical (unpaired) electrons.